The van der Waals surface area contributed by atoms with Gasteiger partial charge in [0.2, 0.25) is 0 Å². The Morgan fingerprint density at radius 3 is 2.15 bits per heavy atom. The topological polar surface area (TPSA) is 26.3 Å². The van der Waals surface area contributed by atoms with E-state index in [-0.39, 0.29) is 11.1 Å². The number of alkyl halides is 3. The molecule has 6 heteroatoms. The second kappa shape index (κ2) is 5.32. The average molecular weight is 284 g/mol. The Labute approximate surface area is 111 Å². The number of rotatable bonds is 3. The molecule has 20 heavy (non-hydrogen) atoms. The zero-order valence-corrected chi connectivity index (χ0v) is 9.95. The van der Waals surface area contributed by atoms with Crippen LogP contribution in [-0.2, 0) is 0 Å². The highest BCUT2D eigenvalue weighted by molar-refractivity contribution is 6.09. The van der Waals surface area contributed by atoms with Gasteiger partial charge in [0.05, 0.1) is 0 Å². The lowest BCUT2D eigenvalue weighted by Gasteiger charge is -2.09. The van der Waals surface area contributed by atoms with Gasteiger partial charge >= 0.3 is 6.36 Å². The van der Waals surface area contributed by atoms with E-state index in [0.29, 0.717) is 0 Å². The number of carbonyl (C=O) groups excluding carboxylic acids is 1. The van der Waals surface area contributed by atoms with Gasteiger partial charge in [-0.3, -0.25) is 4.79 Å². The van der Waals surface area contributed by atoms with Crippen LogP contribution in [0.25, 0.3) is 0 Å². The van der Waals surface area contributed by atoms with Crippen molar-refractivity contribution >= 4 is 5.78 Å². The fourth-order valence-electron chi connectivity index (χ4n) is 1.63. The summed E-state index contributed by atoms with van der Waals surface area (Å²) in [6, 6.07) is 9.53. The third-order valence-corrected chi connectivity index (χ3v) is 2.42. The summed E-state index contributed by atoms with van der Waals surface area (Å²) in [7, 11) is 0. The molecule has 0 bridgehead atoms. The third-order valence-electron chi connectivity index (χ3n) is 2.42. The standard InChI is InChI=1S/C14H8F4O2/c15-11-5-1-3-9(7-11)13(19)10-4-2-6-12(8-10)20-14(16,17)18/h1-8H. The molecular formula is C14H8F4O2. The van der Waals surface area contributed by atoms with Gasteiger partial charge in [0, 0.05) is 11.1 Å². The van der Waals surface area contributed by atoms with Crippen LogP contribution in [-0.4, -0.2) is 12.1 Å². The first kappa shape index (κ1) is 14.0. The van der Waals surface area contributed by atoms with Gasteiger partial charge in [-0.05, 0) is 24.3 Å². The van der Waals surface area contributed by atoms with Gasteiger partial charge in [-0.15, -0.1) is 13.2 Å². The molecule has 0 saturated carbocycles. The molecule has 2 aromatic carbocycles. The lowest BCUT2D eigenvalue weighted by Crippen LogP contribution is -2.17. The van der Waals surface area contributed by atoms with Gasteiger partial charge in [-0.25, -0.2) is 4.39 Å². The Balaban J connectivity index is 2.29. The van der Waals surface area contributed by atoms with Crippen molar-refractivity contribution in [1.29, 1.82) is 0 Å². The van der Waals surface area contributed by atoms with Crippen LogP contribution in [0.2, 0.25) is 0 Å². The normalized spacial score (nSPS) is 11.2. The number of hydrogen-bond donors (Lipinski definition) is 0. The molecule has 0 fully saturated rings. The molecule has 2 nitrogen and oxygen atoms in total. The Morgan fingerprint density at radius 1 is 0.950 bits per heavy atom. The fourth-order valence-corrected chi connectivity index (χ4v) is 1.63. The number of hydrogen-bond acceptors (Lipinski definition) is 2. The summed E-state index contributed by atoms with van der Waals surface area (Å²) in [5.41, 5.74) is 0.0338. The minimum atomic E-state index is -4.83. The Morgan fingerprint density at radius 2 is 1.55 bits per heavy atom. The van der Waals surface area contributed by atoms with Gasteiger partial charge in [0.25, 0.3) is 0 Å². The molecule has 0 aliphatic heterocycles. The van der Waals surface area contributed by atoms with Crippen LogP contribution < -0.4 is 4.74 Å². The lowest BCUT2D eigenvalue weighted by molar-refractivity contribution is -0.274. The van der Waals surface area contributed by atoms with Gasteiger partial charge in [-0.2, -0.15) is 0 Å². The Kier molecular flexibility index (Phi) is 3.74. The molecule has 104 valence electrons. The molecule has 0 heterocycles. The number of halogens is 4. The van der Waals surface area contributed by atoms with E-state index >= 15 is 0 Å². The molecule has 0 atom stereocenters. The summed E-state index contributed by atoms with van der Waals surface area (Å²) in [6.45, 7) is 0. The zero-order valence-electron chi connectivity index (χ0n) is 9.95. The molecular weight excluding hydrogens is 276 g/mol. The van der Waals surface area contributed by atoms with E-state index in [1.54, 1.807) is 0 Å². The van der Waals surface area contributed by atoms with E-state index in [0.717, 1.165) is 18.2 Å². The number of ketones is 1. The molecule has 0 aliphatic rings. The van der Waals surface area contributed by atoms with E-state index in [1.165, 1.54) is 30.3 Å². The van der Waals surface area contributed by atoms with Gasteiger partial charge in [-0.1, -0.05) is 24.3 Å². The van der Waals surface area contributed by atoms with Crippen LogP contribution in [0.15, 0.2) is 48.5 Å². The van der Waals surface area contributed by atoms with E-state index in [4.69, 9.17) is 0 Å². The van der Waals surface area contributed by atoms with Crippen LogP contribution in [0, 0.1) is 5.82 Å². The van der Waals surface area contributed by atoms with Crippen molar-refractivity contribution in [3.63, 3.8) is 0 Å². The molecule has 0 radical (unpaired) electrons. The monoisotopic (exact) mass is 284 g/mol. The number of carbonyl (C=O) groups is 1. The van der Waals surface area contributed by atoms with Gasteiger partial charge in [0.1, 0.15) is 11.6 Å². The van der Waals surface area contributed by atoms with E-state index < -0.39 is 23.7 Å². The highest BCUT2D eigenvalue weighted by Crippen LogP contribution is 2.24. The molecule has 0 saturated heterocycles. The third kappa shape index (κ3) is 3.57. The molecule has 2 rings (SSSR count). The molecule has 0 amide bonds. The highest BCUT2D eigenvalue weighted by atomic mass is 19.4. The highest BCUT2D eigenvalue weighted by Gasteiger charge is 2.31. The second-order valence-electron chi connectivity index (χ2n) is 3.92. The predicted octanol–water partition coefficient (Wildman–Crippen LogP) is 3.96. The lowest BCUT2D eigenvalue weighted by atomic mass is 10.0. The summed E-state index contributed by atoms with van der Waals surface area (Å²) in [6.07, 6.45) is -4.83. The van der Waals surface area contributed by atoms with E-state index in [9.17, 15) is 22.4 Å². The molecule has 0 N–H and O–H groups in total. The maximum absolute atomic E-state index is 13.0. The summed E-state index contributed by atoms with van der Waals surface area (Å²) in [4.78, 5) is 12.0. The number of ether oxygens (including phenoxy) is 1. The van der Waals surface area contributed by atoms with Crippen LogP contribution in [0.5, 0.6) is 5.75 Å². The maximum atomic E-state index is 13.0. The smallest absolute Gasteiger partial charge is 0.406 e. The van der Waals surface area contributed by atoms with Crippen LogP contribution >= 0.6 is 0 Å². The van der Waals surface area contributed by atoms with Crippen LogP contribution in [0.1, 0.15) is 15.9 Å². The van der Waals surface area contributed by atoms with Crippen molar-refractivity contribution in [2.24, 2.45) is 0 Å². The van der Waals surface area contributed by atoms with Crippen molar-refractivity contribution in [1.82, 2.24) is 0 Å². The minimum absolute atomic E-state index is 0.0163. The second-order valence-corrected chi connectivity index (χ2v) is 3.92. The summed E-state index contributed by atoms with van der Waals surface area (Å²) in [5.74, 6) is -1.68. The SMILES string of the molecule is O=C(c1cccc(F)c1)c1cccc(OC(F)(F)F)c1. The van der Waals surface area contributed by atoms with Crippen molar-refractivity contribution in [2.45, 2.75) is 6.36 Å². The summed E-state index contributed by atoms with van der Waals surface area (Å²) < 4.78 is 53.0. The predicted molar refractivity (Wildman–Crippen MR) is 63.0 cm³/mol. The fraction of sp³-hybridized carbons (Fsp3) is 0.0714. The quantitative estimate of drug-likeness (QED) is 0.630. The van der Waals surface area contributed by atoms with Crippen molar-refractivity contribution in [2.75, 3.05) is 0 Å². The molecule has 0 spiro atoms. The van der Waals surface area contributed by atoms with E-state index in [2.05, 4.69) is 4.74 Å². The zero-order chi connectivity index (χ0) is 14.8. The first-order valence-corrected chi connectivity index (χ1v) is 5.51. The Hall–Kier alpha value is -2.37. The number of benzene rings is 2. The van der Waals surface area contributed by atoms with Crippen molar-refractivity contribution in [3.05, 3.63) is 65.5 Å². The molecule has 0 aliphatic carbocycles. The molecule has 0 unspecified atom stereocenters. The van der Waals surface area contributed by atoms with Gasteiger partial charge < -0.3 is 4.74 Å². The summed E-state index contributed by atoms with van der Waals surface area (Å²) >= 11 is 0. The Bertz CT molecular complexity index is 635. The van der Waals surface area contributed by atoms with Crippen molar-refractivity contribution < 1.29 is 27.1 Å². The average Bonchev–Trinajstić information content (AvgIpc) is 2.36. The first-order chi connectivity index (χ1) is 9.35. The van der Waals surface area contributed by atoms with Gasteiger partial charge in [0.15, 0.2) is 5.78 Å². The molecule has 2 aromatic rings. The molecule has 0 aromatic heterocycles. The first-order valence-electron chi connectivity index (χ1n) is 5.51. The van der Waals surface area contributed by atoms with Crippen LogP contribution in [0.4, 0.5) is 17.6 Å². The largest absolute Gasteiger partial charge is 0.573 e. The van der Waals surface area contributed by atoms with E-state index in [1.807, 2.05) is 0 Å². The maximum Gasteiger partial charge on any atom is 0.573 e. The minimum Gasteiger partial charge on any atom is -0.406 e. The van der Waals surface area contributed by atoms with Crippen LogP contribution in [0.3, 0.4) is 0 Å². The summed E-state index contributed by atoms with van der Waals surface area (Å²) in [5, 5.41) is 0. The van der Waals surface area contributed by atoms with Crippen molar-refractivity contribution in [3.8, 4) is 5.75 Å².